The highest BCUT2D eigenvalue weighted by molar-refractivity contribution is 6.31. The smallest absolute Gasteiger partial charge is 0.223 e. The van der Waals surface area contributed by atoms with Crippen molar-refractivity contribution in [3.05, 3.63) is 59.0 Å². The molecule has 1 aromatic heterocycles. The molecular formula is C20H25ClN2O2. The lowest BCUT2D eigenvalue weighted by Gasteiger charge is -2.30. The summed E-state index contributed by atoms with van der Waals surface area (Å²) in [5.74, 6) is 1.31. The van der Waals surface area contributed by atoms with Gasteiger partial charge in [-0.25, -0.2) is 0 Å². The standard InChI is InChI=1S/C20H25ClN2O2/c21-19-8-2-1-5-16(19)6-3-11-22-20(24)17-9-12-23(13-10-17)15-18-7-4-14-25-18/h1-2,4-5,7-8,14,17H,3,6,9-13,15H2,(H,22,24). The zero-order valence-corrected chi connectivity index (χ0v) is 15.2. The first kappa shape index (κ1) is 18.0. The average molecular weight is 361 g/mol. The van der Waals surface area contributed by atoms with Crippen LogP contribution in [0.4, 0.5) is 0 Å². The molecule has 1 aliphatic heterocycles. The van der Waals surface area contributed by atoms with Gasteiger partial charge in [0.2, 0.25) is 5.91 Å². The first-order valence-corrected chi connectivity index (χ1v) is 9.36. The fourth-order valence-electron chi connectivity index (χ4n) is 3.31. The number of nitrogens with one attached hydrogen (secondary N) is 1. The average Bonchev–Trinajstić information content (AvgIpc) is 3.13. The molecule has 0 aliphatic carbocycles. The fourth-order valence-corrected chi connectivity index (χ4v) is 3.54. The lowest BCUT2D eigenvalue weighted by Crippen LogP contribution is -2.40. The van der Waals surface area contributed by atoms with Crippen LogP contribution < -0.4 is 5.32 Å². The van der Waals surface area contributed by atoms with E-state index in [0.717, 1.165) is 61.7 Å². The van der Waals surface area contributed by atoms with E-state index in [0.29, 0.717) is 6.54 Å². The predicted molar refractivity (Wildman–Crippen MR) is 99.5 cm³/mol. The molecule has 2 aromatic rings. The molecule has 3 rings (SSSR count). The van der Waals surface area contributed by atoms with Crippen molar-refractivity contribution in [1.29, 1.82) is 0 Å². The van der Waals surface area contributed by atoms with Crippen molar-refractivity contribution in [2.45, 2.75) is 32.2 Å². The minimum absolute atomic E-state index is 0.133. The summed E-state index contributed by atoms with van der Waals surface area (Å²) in [6.45, 7) is 3.42. The summed E-state index contributed by atoms with van der Waals surface area (Å²) in [5, 5.41) is 3.89. The number of furan rings is 1. The van der Waals surface area contributed by atoms with Gasteiger partial charge in [-0.1, -0.05) is 29.8 Å². The number of hydrogen-bond donors (Lipinski definition) is 1. The van der Waals surface area contributed by atoms with Crippen molar-refractivity contribution in [3.63, 3.8) is 0 Å². The molecule has 0 bridgehead atoms. The van der Waals surface area contributed by atoms with Crippen molar-refractivity contribution in [2.24, 2.45) is 5.92 Å². The molecule has 134 valence electrons. The summed E-state index contributed by atoms with van der Waals surface area (Å²) in [6.07, 6.45) is 5.33. The Morgan fingerprint density at radius 3 is 2.72 bits per heavy atom. The normalized spacial score (nSPS) is 16.0. The Labute approximate surface area is 154 Å². The zero-order valence-electron chi connectivity index (χ0n) is 14.4. The maximum Gasteiger partial charge on any atom is 0.223 e. The Kier molecular flexibility index (Phi) is 6.54. The quantitative estimate of drug-likeness (QED) is 0.762. The largest absolute Gasteiger partial charge is 0.468 e. The molecule has 4 nitrogen and oxygen atoms in total. The molecule has 0 spiro atoms. The van der Waals surface area contributed by atoms with Crippen LogP contribution in [-0.4, -0.2) is 30.4 Å². The molecule has 5 heteroatoms. The summed E-state index contributed by atoms with van der Waals surface area (Å²) in [6, 6.07) is 11.8. The Bertz CT molecular complexity index is 664. The number of carbonyl (C=O) groups is 1. The van der Waals surface area contributed by atoms with Gasteiger partial charge in [-0.15, -0.1) is 0 Å². The highest BCUT2D eigenvalue weighted by atomic mass is 35.5. The minimum atomic E-state index is 0.133. The van der Waals surface area contributed by atoms with Crippen molar-refractivity contribution >= 4 is 17.5 Å². The van der Waals surface area contributed by atoms with Crippen LogP contribution in [-0.2, 0) is 17.8 Å². The van der Waals surface area contributed by atoms with Crippen molar-refractivity contribution in [1.82, 2.24) is 10.2 Å². The van der Waals surface area contributed by atoms with E-state index < -0.39 is 0 Å². The van der Waals surface area contributed by atoms with Crippen LogP contribution in [0, 0.1) is 5.92 Å². The van der Waals surface area contributed by atoms with Gasteiger partial charge < -0.3 is 9.73 Å². The number of amides is 1. The fraction of sp³-hybridized carbons (Fsp3) is 0.450. The van der Waals surface area contributed by atoms with Crippen LogP contribution in [0.1, 0.15) is 30.6 Å². The third-order valence-electron chi connectivity index (χ3n) is 4.80. The van der Waals surface area contributed by atoms with Crippen LogP contribution in [0.25, 0.3) is 0 Å². The number of aryl methyl sites for hydroxylation is 1. The third kappa shape index (κ3) is 5.35. The molecule has 1 fully saturated rings. The van der Waals surface area contributed by atoms with Gasteiger partial charge in [0, 0.05) is 17.5 Å². The van der Waals surface area contributed by atoms with Crippen molar-refractivity contribution in [3.8, 4) is 0 Å². The number of likely N-dealkylation sites (tertiary alicyclic amines) is 1. The number of benzene rings is 1. The van der Waals surface area contributed by atoms with Gasteiger partial charge in [-0.2, -0.15) is 0 Å². The van der Waals surface area contributed by atoms with Gasteiger partial charge in [0.15, 0.2) is 0 Å². The number of nitrogens with zero attached hydrogens (tertiary/aromatic N) is 1. The van der Waals surface area contributed by atoms with E-state index in [-0.39, 0.29) is 11.8 Å². The summed E-state index contributed by atoms with van der Waals surface area (Å²) >= 11 is 6.15. The van der Waals surface area contributed by atoms with E-state index in [4.69, 9.17) is 16.0 Å². The topological polar surface area (TPSA) is 45.5 Å². The molecule has 1 amide bonds. The van der Waals surface area contributed by atoms with Gasteiger partial charge in [0.25, 0.3) is 0 Å². The van der Waals surface area contributed by atoms with E-state index in [1.807, 2.05) is 36.4 Å². The summed E-state index contributed by atoms with van der Waals surface area (Å²) < 4.78 is 5.39. The van der Waals surface area contributed by atoms with Crippen LogP contribution in [0.15, 0.2) is 47.1 Å². The van der Waals surface area contributed by atoms with Gasteiger partial charge in [0.05, 0.1) is 12.8 Å². The second kappa shape index (κ2) is 9.07. The zero-order chi connectivity index (χ0) is 17.5. The van der Waals surface area contributed by atoms with Crippen molar-refractivity contribution < 1.29 is 9.21 Å². The molecule has 1 N–H and O–H groups in total. The number of hydrogen-bond acceptors (Lipinski definition) is 3. The van der Waals surface area contributed by atoms with E-state index in [1.165, 1.54) is 0 Å². The number of carbonyl (C=O) groups excluding carboxylic acids is 1. The summed E-state index contributed by atoms with van der Waals surface area (Å²) in [5.41, 5.74) is 1.14. The van der Waals surface area contributed by atoms with Gasteiger partial charge in [-0.05, 0) is 62.5 Å². The minimum Gasteiger partial charge on any atom is -0.468 e. The van der Waals surface area contributed by atoms with E-state index in [1.54, 1.807) is 6.26 Å². The maximum absolute atomic E-state index is 12.3. The monoisotopic (exact) mass is 360 g/mol. The number of halogens is 1. The number of rotatable bonds is 7. The lowest BCUT2D eigenvalue weighted by atomic mass is 9.95. The summed E-state index contributed by atoms with van der Waals surface area (Å²) in [4.78, 5) is 14.7. The maximum atomic E-state index is 12.3. The van der Waals surface area contributed by atoms with Crippen molar-refractivity contribution in [2.75, 3.05) is 19.6 Å². The molecule has 25 heavy (non-hydrogen) atoms. The predicted octanol–water partition coefficient (Wildman–Crippen LogP) is 3.89. The Hall–Kier alpha value is -1.78. The highest BCUT2D eigenvalue weighted by Crippen LogP contribution is 2.20. The van der Waals surface area contributed by atoms with E-state index in [9.17, 15) is 4.79 Å². The first-order chi connectivity index (χ1) is 12.2. The molecular weight excluding hydrogens is 336 g/mol. The Morgan fingerprint density at radius 1 is 1.20 bits per heavy atom. The number of piperidine rings is 1. The van der Waals surface area contributed by atoms with Crippen LogP contribution >= 0.6 is 11.6 Å². The van der Waals surface area contributed by atoms with Crippen LogP contribution in [0.2, 0.25) is 5.02 Å². The Balaban J connectivity index is 1.33. The van der Waals surface area contributed by atoms with Gasteiger partial charge in [0.1, 0.15) is 5.76 Å². The SMILES string of the molecule is O=C(NCCCc1ccccc1Cl)C1CCN(Cc2ccco2)CC1. The third-order valence-corrected chi connectivity index (χ3v) is 5.17. The van der Waals surface area contributed by atoms with Crippen LogP contribution in [0.5, 0.6) is 0 Å². The molecule has 1 aliphatic rings. The van der Waals surface area contributed by atoms with Gasteiger partial charge >= 0.3 is 0 Å². The Morgan fingerprint density at radius 2 is 2.00 bits per heavy atom. The van der Waals surface area contributed by atoms with E-state index >= 15 is 0 Å². The highest BCUT2D eigenvalue weighted by Gasteiger charge is 2.24. The van der Waals surface area contributed by atoms with Gasteiger partial charge in [-0.3, -0.25) is 9.69 Å². The van der Waals surface area contributed by atoms with Crippen LogP contribution in [0.3, 0.4) is 0 Å². The first-order valence-electron chi connectivity index (χ1n) is 8.98. The molecule has 0 unspecified atom stereocenters. The van der Waals surface area contributed by atoms with E-state index in [2.05, 4.69) is 10.2 Å². The summed E-state index contributed by atoms with van der Waals surface area (Å²) in [7, 11) is 0. The second-order valence-electron chi connectivity index (χ2n) is 6.62. The molecule has 0 radical (unpaired) electrons. The lowest BCUT2D eigenvalue weighted by molar-refractivity contribution is -0.126. The second-order valence-corrected chi connectivity index (χ2v) is 7.02. The molecule has 2 heterocycles. The molecule has 0 saturated carbocycles. The molecule has 0 atom stereocenters. The molecule has 1 saturated heterocycles. The molecule has 1 aromatic carbocycles.